The van der Waals surface area contributed by atoms with Gasteiger partial charge in [0.25, 0.3) is 5.91 Å². The number of rotatable bonds is 7. The van der Waals surface area contributed by atoms with Gasteiger partial charge in [-0.25, -0.2) is 0 Å². The fourth-order valence-corrected chi connectivity index (χ4v) is 2.26. The second-order valence-corrected chi connectivity index (χ2v) is 5.82. The molecule has 130 valence electrons. The number of carbonyl (C=O) groups excluding carboxylic acids is 3. The second kappa shape index (κ2) is 8.78. The van der Waals surface area contributed by atoms with Gasteiger partial charge in [0.2, 0.25) is 0 Å². The Morgan fingerprint density at radius 1 is 0.960 bits per heavy atom. The highest BCUT2D eigenvalue weighted by Gasteiger charge is 2.12. The SMILES string of the molecule is Cc1ccc(C)c(NC(=O)COC(=O)CCC(=O)c2ccccc2)c1. The third kappa shape index (κ3) is 5.88. The first kappa shape index (κ1) is 18.4. The normalized spacial score (nSPS) is 10.2. The molecule has 0 spiro atoms. The van der Waals surface area contributed by atoms with Gasteiger partial charge in [-0.15, -0.1) is 0 Å². The van der Waals surface area contributed by atoms with Crippen molar-refractivity contribution < 1.29 is 19.1 Å². The number of Topliss-reactive ketones (excluding diaryl/α,β-unsaturated/α-hetero) is 1. The van der Waals surface area contributed by atoms with Crippen molar-refractivity contribution in [3.05, 3.63) is 65.2 Å². The van der Waals surface area contributed by atoms with Gasteiger partial charge in [0, 0.05) is 17.7 Å². The summed E-state index contributed by atoms with van der Waals surface area (Å²) in [6.45, 7) is 3.45. The number of carbonyl (C=O) groups is 3. The predicted molar refractivity (Wildman–Crippen MR) is 95.5 cm³/mol. The monoisotopic (exact) mass is 339 g/mol. The summed E-state index contributed by atoms with van der Waals surface area (Å²) in [4.78, 5) is 35.5. The number of hydrogen-bond donors (Lipinski definition) is 1. The minimum absolute atomic E-state index is 0.0511. The van der Waals surface area contributed by atoms with Gasteiger partial charge < -0.3 is 10.1 Å². The van der Waals surface area contributed by atoms with E-state index in [-0.39, 0.29) is 25.2 Å². The molecule has 2 aromatic carbocycles. The molecule has 0 atom stereocenters. The second-order valence-electron chi connectivity index (χ2n) is 5.82. The molecular weight excluding hydrogens is 318 g/mol. The van der Waals surface area contributed by atoms with Crippen molar-refractivity contribution in [1.82, 2.24) is 0 Å². The van der Waals surface area contributed by atoms with Crippen LogP contribution in [0.2, 0.25) is 0 Å². The Balaban J connectivity index is 1.75. The fourth-order valence-electron chi connectivity index (χ4n) is 2.26. The molecule has 0 bridgehead atoms. The van der Waals surface area contributed by atoms with Gasteiger partial charge in [0.15, 0.2) is 12.4 Å². The minimum atomic E-state index is -0.569. The van der Waals surface area contributed by atoms with E-state index in [1.165, 1.54) is 0 Å². The third-order valence-electron chi connectivity index (χ3n) is 3.68. The summed E-state index contributed by atoms with van der Waals surface area (Å²) in [7, 11) is 0. The van der Waals surface area contributed by atoms with Crippen molar-refractivity contribution in [2.75, 3.05) is 11.9 Å². The number of anilines is 1. The number of ether oxygens (including phenoxy) is 1. The van der Waals surface area contributed by atoms with Crippen LogP contribution in [0, 0.1) is 13.8 Å². The van der Waals surface area contributed by atoms with Crippen molar-refractivity contribution in [2.45, 2.75) is 26.7 Å². The van der Waals surface area contributed by atoms with Crippen LogP contribution in [0.1, 0.15) is 34.3 Å². The Kier molecular flexibility index (Phi) is 6.46. The van der Waals surface area contributed by atoms with Crippen LogP contribution >= 0.6 is 0 Å². The summed E-state index contributed by atoms with van der Waals surface area (Å²) in [5, 5.41) is 2.71. The first-order chi connectivity index (χ1) is 12.0. The highest BCUT2D eigenvalue weighted by molar-refractivity contribution is 5.98. The van der Waals surface area contributed by atoms with E-state index in [1.807, 2.05) is 38.1 Å². The summed E-state index contributed by atoms with van der Waals surface area (Å²) in [6, 6.07) is 14.5. The zero-order valence-corrected chi connectivity index (χ0v) is 14.4. The van der Waals surface area contributed by atoms with Gasteiger partial charge in [-0.1, -0.05) is 42.5 Å². The Morgan fingerprint density at radius 2 is 1.68 bits per heavy atom. The van der Waals surface area contributed by atoms with Crippen LogP contribution in [-0.2, 0) is 14.3 Å². The molecule has 0 unspecified atom stereocenters. The van der Waals surface area contributed by atoms with E-state index in [0.29, 0.717) is 11.3 Å². The number of benzene rings is 2. The molecule has 5 nitrogen and oxygen atoms in total. The molecule has 0 aliphatic heterocycles. The maximum atomic E-state index is 11.9. The van der Waals surface area contributed by atoms with Crippen molar-refractivity contribution in [3.8, 4) is 0 Å². The van der Waals surface area contributed by atoms with Gasteiger partial charge in [0.05, 0.1) is 6.42 Å². The largest absolute Gasteiger partial charge is 0.456 e. The van der Waals surface area contributed by atoms with E-state index in [2.05, 4.69) is 5.32 Å². The molecule has 2 rings (SSSR count). The van der Waals surface area contributed by atoms with E-state index in [1.54, 1.807) is 24.3 Å². The van der Waals surface area contributed by atoms with Gasteiger partial charge in [-0.05, 0) is 31.0 Å². The maximum Gasteiger partial charge on any atom is 0.306 e. The molecule has 0 saturated carbocycles. The van der Waals surface area contributed by atoms with Crippen molar-refractivity contribution >= 4 is 23.3 Å². The van der Waals surface area contributed by atoms with E-state index in [0.717, 1.165) is 11.1 Å². The molecular formula is C20H21NO4. The van der Waals surface area contributed by atoms with Gasteiger partial charge in [-0.2, -0.15) is 0 Å². The lowest BCUT2D eigenvalue weighted by Crippen LogP contribution is -2.21. The molecule has 0 radical (unpaired) electrons. The molecule has 5 heteroatoms. The van der Waals surface area contributed by atoms with Crippen LogP contribution in [0.3, 0.4) is 0 Å². The minimum Gasteiger partial charge on any atom is -0.456 e. The summed E-state index contributed by atoms with van der Waals surface area (Å²) >= 11 is 0. The molecule has 0 heterocycles. The molecule has 25 heavy (non-hydrogen) atoms. The molecule has 0 aromatic heterocycles. The Labute approximate surface area is 147 Å². The van der Waals surface area contributed by atoms with E-state index < -0.39 is 11.9 Å². The molecule has 0 saturated heterocycles. The number of aryl methyl sites for hydroxylation is 2. The topological polar surface area (TPSA) is 72.5 Å². The van der Waals surface area contributed by atoms with E-state index in [9.17, 15) is 14.4 Å². The Hall–Kier alpha value is -2.95. The van der Waals surface area contributed by atoms with Crippen LogP contribution in [0.4, 0.5) is 5.69 Å². The average molecular weight is 339 g/mol. The molecule has 0 aliphatic rings. The predicted octanol–water partition coefficient (Wildman–Crippen LogP) is 3.45. The molecule has 1 N–H and O–H groups in total. The zero-order chi connectivity index (χ0) is 18.2. The third-order valence-corrected chi connectivity index (χ3v) is 3.68. The number of hydrogen-bond acceptors (Lipinski definition) is 4. The summed E-state index contributed by atoms with van der Waals surface area (Å²) in [5.74, 6) is -1.10. The highest BCUT2D eigenvalue weighted by Crippen LogP contribution is 2.16. The molecule has 0 aliphatic carbocycles. The molecule has 0 fully saturated rings. The highest BCUT2D eigenvalue weighted by atomic mass is 16.5. The van der Waals surface area contributed by atoms with Crippen LogP contribution in [0.25, 0.3) is 0 Å². The lowest BCUT2D eigenvalue weighted by Gasteiger charge is -2.09. The average Bonchev–Trinajstić information content (AvgIpc) is 2.61. The van der Waals surface area contributed by atoms with Crippen molar-refractivity contribution in [1.29, 1.82) is 0 Å². The van der Waals surface area contributed by atoms with Gasteiger partial charge in [-0.3, -0.25) is 14.4 Å². The Morgan fingerprint density at radius 3 is 2.40 bits per heavy atom. The first-order valence-corrected chi connectivity index (χ1v) is 8.06. The van der Waals surface area contributed by atoms with Crippen molar-refractivity contribution in [3.63, 3.8) is 0 Å². The zero-order valence-electron chi connectivity index (χ0n) is 14.4. The Bertz CT molecular complexity index is 769. The van der Waals surface area contributed by atoms with Crippen LogP contribution in [-0.4, -0.2) is 24.3 Å². The fraction of sp³-hybridized carbons (Fsp3) is 0.250. The van der Waals surface area contributed by atoms with Crippen LogP contribution < -0.4 is 5.32 Å². The van der Waals surface area contributed by atoms with Crippen molar-refractivity contribution in [2.24, 2.45) is 0 Å². The smallest absolute Gasteiger partial charge is 0.306 e. The van der Waals surface area contributed by atoms with Crippen LogP contribution in [0.15, 0.2) is 48.5 Å². The van der Waals surface area contributed by atoms with E-state index in [4.69, 9.17) is 4.74 Å². The lowest BCUT2D eigenvalue weighted by molar-refractivity contribution is -0.147. The number of nitrogens with one attached hydrogen (secondary N) is 1. The summed E-state index contributed by atoms with van der Waals surface area (Å²) in [6.07, 6.45) is 0.00589. The lowest BCUT2D eigenvalue weighted by atomic mass is 10.1. The molecule has 1 amide bonds. The quantitative estimate of drug-likeness (QED) is 0.619. The summed E-state index contributed by atoms with van der Waals surface area (Å²) in [5.41, 5.74) is 3.21. The van der Waals surface area contributed by atoms with Gasteiger partial charge in [0.1, 0.15) is 0 Å². The van der Waals surface area contributed by atoms with E-state index >= 15 is 0 Å². The maximum absolute atomic E-state index is 11.9. The number of amides is 1. The van der Waals surface area contributed by atoms with Crippen LogP contribution in [0.5, 0.6) is 0 Å². The summed E-state index contributed by atoms with van der Waals surface area (Å²) < 4.78 is 4.93. The number of esters is 1. The molecule has 2 aromatic rings. The standard InChI is InChI=1S/C20H21NO4/c1-14-8-9-15(2)17(12-14)21-19(23)13-25-20(24)11-10-18(22)16-6-4-3-5-7-16/h3-9,12H,10-11,13H2,1-2H3,(H,21,23). The first-order valence-electron chi connectivity index (χ1n) is 8.06. The van der Waals surface area contributed by atoms with Gasteiger partial charge >= 0.3 is 5.97 Å². The number of ketones is 1.